The number of halogens is 2. The molecular formula is C15H19F2NO. The first-order valence-corrected chi connectivity index (χ1v) is 6.95. The molecule has 19 heavy (non-hydrogen) atoms. The Hall–Kier alpha value is -1.16. The standard InChI is InChI=1S/C15H19F2NO/c1-18-13-9-14(15(13)6-2-3-7-15)19-12-8-10(16)4-5-11(12)17/h4-5,8,13-14,18H,2-3,6-7,9H2,1H3. The van der Waals surface area contributed by atoms with Gasteiger partial charge in [0.1, 0.15) is 11.9 Å². The molecule has 2 atom stereocenters. The summed E-state index contributed by atoms with van der Waals surface area (Å²) < 4.78 is 32.6. The monoisotopic (exact) mass is 267 g/mol. The van der Waals surface area contributed by atoms with Gasteiger partial charge in [0.2, 0.25) is 0 Å². The molecule has 1 N–H and O–H groups in total. The van der Waals surface area contributed by atoms with Crippen LogP contribution in [0.2, 0.25) is 0 Å². The van der Waals surface area contributed by atoms with Crippen LogP contribution in [0.3, 0.4) is 0 Å². The van der Waals surface area contributed by atoms with Gasteiger partial charge in [-0.05, 0) is 32.0 Å². The lowest BCUT2D eigenvalue weighted by Crippen LogP contribution is -2.63. The molecule has 0 radical (unpaired) electrons. The maximum absolute atomic E-state index is 13.6. The molecule has 0 heterocycles. The minimum Gasteiger partial charge on any atom is -0.487 e. The fraction of sp³-hybridized carbons (Fsp3) is 0.600. The topological polar surface area (TPSA) is 21.3 Å². The van der Waals surface area contributed by atoms with Crippen molar-refractivity contribution in [3.63, 3.8) is 0 Å². The summed E-state index contributed by atoms with van der Waals surface area (Å²) in [6, 6.07) is 3.83. The second kappa shape index (κ2) is 4.75. The van der Waals surface area contributed by atoms with Crippen LogP contribution >= 0.6 is 0 Å². The fourth-order valence-electron chi connectivity index (χ4n) is 3.74. The van der Waals surface area contributed by atoms with E-state index in [1.165, 1.54) is 12.8 Å². The van der Waals surface area contributed by atoms with E-state index in [-0.39, 0.29) is 17.3 Å². The molecule has 2 unspecified atom stereocenters. The molecule has 2 aliphatic rings. The Morgan fingerprint density at radius 3 is 2.68 bits per heavy atom. The Kier molecular flexibility index (Phi) is 3.21. The molecule has 2 nitrogen and oxygen atoms in total. The third-order valence-electron chi connectivity index (χ3n) is 4.83. The molecule has 104 valence electrons. The zero-order chi connectivity index (χ0) is 13.5. The second-order valence-corrected chi connectivity index (χ2v) is 5.70. The maximum Gasteiger partial charge on any atom is 0.165 e. The predicted octanol–water partition coefficient (Wildman–Crippen LogP) is 3.26. The van der Waals surface area contributed by atoms with Crippen LogP contribution in [0.1, 0.15) is 32.1 Å². The third-order valence-corrected chi connectivity index (χ3v) is 4.83. The number of hydrogen-bond acceptors (Lipinski definition) is 2. The van der Waals surface area contributed by atoms with Gasteiger partial charge in [0.15, 0.2) is 11.6 Å². The van der Waals surface area contributed by atoms with E-state index in [1.807, 2.05) is 7.05 Å². The van der Waals surface area contributed by atoms with E-state index in [2.05, 4.69) is 5.32 Å². The van der Waals surface area contributed by atoms with Crippen molar-refractivity contribution in [2.24, 2.45) is 5.41 Å². The van der Waals surface area contributed by atoms with Crippen molar-refractivity contribution in [3.05, 3.63) is 29.8 Å². The average Bonchev–Trinajstić information content (AvgIpc) is 2.90. The molecule has 0 aliphatic heterocycles. The molecule has 1 aromatic rings. The lowest BCUT2D eigenvalue weighted by atomic mass is 9.60. The van der Waals surface area contributed by atoms with Gasteiger partial charge < -0.3 is 10.1 Å². The zero-order valence-electron chi connectivity index (χ0n) is 11.1. The van der Waals surface area contributed by atoms with Gasteiger partial charge in [-0.25, -0.2) is 8.78 Å². The van der Waals surface area contributed by atoms with Crippen molar-refractivity contribution in [1.29, 1.82) is 0 Å². The number of benzene rings is 1. The van der Waals surface area contributed by atoms with Gasteiger partial charge in [0, 0.05) is 23.9 Å². The van der Waals surface area contributed by atoms with Gasteiger partial charge in [-0.1, -0.05) is 12.8 Å². The number of ether oxygens (including phenoxy) is 1. The van der Waals surface area contributed by atoms with Crippen LogP contribution in [0.25, 0.3) is 0 Å². The molecule has 0 amide bonds. The summed E-state index contributed by atoms with van der Waals surface area (Å²) in [5.74, 6) is -0.894. The van der Waals surface area contributed by atoms with Crippen LogP contribution in [0, 0.1) is 17.0 Å². The van der Waals surface area contributed by atoms with Crippen molar-refractivity contribution in [1.82, 2.24) is 5.32 Å². The lowest BCUT2D eigenvalue weighted by Gasteiger charge is -2.53. The maximum atomic E-state index is 13.6. The van der Waals surface area contributed by atoms with Crippen LogP contribution in [-0.4, -0.2) is 19.2 Å². The quantitative estimate of drug-likeness (QED) is 0.907. The summed E-state index contributed by atoms with van der Waals surface area (Å²) >= 11 is 0. The summed E-state index contributed by atoms with van der Waals surface area (Å²) in [5, 5.41) is 3.33. The molecule has 0 aromatic heterocycles. The van der Waals surface area contributed by atoms with Gasteiger partial charge in [0.25, 0.3) is 0 Å². The van der Waals surface area contributed by atoms with E-state index in [0.29, 0.717) is 6.04 Å². The predicted molar refractivity (Wildman–Crippen MR) is 69.1 cm³/mol. The highest BCUT2D eigenvalue weighted by atomic mass is 19.1. The van der Waals surface area contributed by atoms with Crippen LogP contribution in [-0.2, 0) is 0 Å². The summed E-state index contributed by atoms with van der Waals surface area (Å²) in [6.07, 6.45) is 5.49. The van der Waals surface area contributed by atoms with Gasteiger partial charge in [-0.3, -0.25) is 0 Å². The van der Waals surface area contributed by atoms with Gasteiger partial charge in [0.05, 0.1) is 0 Å². The Morgan fingerprint density at radius 2 is 2.00 bits per heavy atom. The molecule has 2 fully saturated rings. The van der Waals surface area contributed by atoms with Crippen LogP contribution in [0.5, 0.6) is 5.75 Å². The number of hydrogen-bond donors (Lipinski definition) is 1. The van der Waals surface area contributed by atoms with E-state index in [9.17, 15) is 8.78 Å². The highest BCUT2D eigenvalue weighted by molar-refractivity contribution is 5.26. The molecule has 4 heteroatoms. The van der Waals surface area contributed by atoms with Gasteiger partial charge >= 0.3 is 0 Å². The summed E-state index contributed by atoms with van der Waals surface area (Å²) in [5.41, 5.74) is 0.119. The molecule has 2 saturated carbocycles. The largest absolute Gasteiger partial charge is 0.487 e. The first kappa shape index (κ1) is 12.9. The Balaban J connectivity index is 1.78. The van der Waals surface area contributed by atoms with E-state index in [1.54, 1.807) is 0 Å². The highest BCUT2D eigenvalue weighted by Crippen LogP contribution is 2.54. The molecule has 1 aromatic carbocycles. The smallest absolute Gasteiger partial charge is 0.165 e. The normalized spacial score (nSPS) is 28.4. The van der Waals surface area contributed by atoms with Gasteiger partial charge in [-0.15, -0.1) is 0 Å². The van der Waals surface area contributed by atoms with Crippen molar-refractivity contribution in [2.75, 3.05) is 7.05 Å². The van der Waals surface area contributed by atoms with E-state index in [4.69, 9.17) is 4.74 Å². The van der Waals surface area contributed by atoms with E-state index < -0.39 is 11.6 Å². The van der Waals surface area contributed by atoms with Crippen molar-refractivity contribution in [2.45, 2.75) is 44.2 Å². The third kappa shape index (κ3) is 2.02. The second-order valence-electron chi connectivity index (χ2n) is 5.70. The van der Waals surface area contributed by atoms with E-state index >= 15 is 0 Å². The minimum atomic E-state index is -0.484. The molecule has 0 bridgehead atoms. The molecular weight excluding hydrogens is 248 g/mol. The lowest BCUT2D eigenvalue weighted by molar-refractivity contribution is -0.0752. The van der Waals surface area contributed by atoms with Crippen LogP contribution < -0.4 is 10.1 Å². The molecule has 2 aliphatic carbocycles. The fourth-order valence-corrected chi connectivity index (χ4v) is 3.74. The summed E-state index contributed by atoms with van der Waals surface area (Å²) in [6.45, 7) is 0. The molecule has 1 spiro atoms. The van der Waals surface area contributed by atoms with Crippen LogP contribution in [0.4, 0.5) is 8.78 Å². The van der Waals surface area contributed by atoms with Crippen molar-refractivity contribution >= 4 is 0 Å². The SMILES string of the molecule is CNC1CC(Oc2cc(F)ccc2F)C12CCCC2. The van der Waals surface area contributed by atoms with Crippen LogP contribution in [0.15, 0.2) is 18.2 Å². The molecule has 0 saturated heterocycles. The summed E-state index contributed by atoms with van der Waals surface area (Å²) in [4.78, 5) is 0. The Labute approximate surface area is 112 Å². The summed E-state index contributed by atoms with van der Waals surface area (Å²) in [7, 11) is 1.96. The number of rotatable bonds is 3. The zero-order valence-corrected chi connectivity index (χ0v) is 11.1. The molecule has 3 rings (SSSR count). The van der Waals surface area contributed by atoms with E-state index in [0.717, 1.165) is 37.5 Å². The Bertz CT molecular complexity index is 471. The first-order chi connectivity index (χ1) is 9.15. The Morgan fingerprint density at radius 1 is 1.26 bits per heavy atom. The first-order valence-electron chi connectivity index (χ1n) is 6.95. The minimum absolute atomic E-state index is 0.00347. The van der Waals surface area contributed by atoms with Crippen molar-refractivity contribution < 1.29 is 13.5 Å². The highest BCUT2D eigenvalue weighted by Gasteiger charge is 2.57. The van der Waals surface area contributed by atoms with Crippen molar-refractivity contribution in [3.8, 4) is 5.75 Å². The van der Waals surface area contributed by atoms with Gasteiger partial charge in [-0.2, -0.15) is 0 Å². The average molecular weight is 267 g/mol. The number of nitrogens with one attached hydrogen (secondary N) is 1.